The molecule has 120 valence electrons. The molecule has 3 nitrogen and oxygen atoms in total. The molecule has 1 saturated carbocycles. The Hall–Kier alpha value is -0.830. The van der Waals surface area contributed by atoms with E-state index in [1.165, 1.54) is 37.8 Å². The summed E-state index contributed by atoms with van der Waals surface area (Å²) >= 11 is 0. The van der Waals surface area contributed by atoms with E-state index in [9.17, 15) is 0 Å². The van der Waals surface area contributed by atoms with Gasteiger partial charge in [-0.2, -0.15) is 5.10 Å². The molecule has 2 rings (SSSR count). The maximum absolute atomic E-state index is 4.71. The van der Waals surface area contributed by atoms with E-state index in [1.807, 2.05) is 0 Å². The van der Waals surface area contributed by atoms with Gasteiger partial charge in [0.2, 0.25) is 0 Å². The summed E-state index contributed by atoms with van der Waals surface area (Å²) in [6.45, 7) is 8.88. The average molecular weight is 291 g/mol. The van der Waals surface area contributed by atoms with Gasteiger partial charge in [-0.25, -0.2) is 0 Å². The number of hydrogen-bond donors (Lipinski definition) is 1. The first-order valence-electron chi connectivity index (χ1n) is 9.01. The molecule has 1 aliphatic rings. The van der Waals surface area contributed by atoms with Crippen LogP contribution < -0.4 is 5.32 Å². The first kappa shape index (κ1) is 16.5. The van der Waals surface area contributed by atoms with E-state index in [2.05, 4.69) is 43.0 Å². The Labute approximate surface area is 130 Å². The quantitative estimate of drug-likeness (QED) is 0.761. The Bertz CT molecular complexity index is 387. The SMILES string of the molecule is CCC1CCC(CNCc2ccn(C(CC)CC)n2)CC1. The lowest BCUT2D eigenvalue weighted by Gasteiger charge is -2.27. The van der Waals surface area contributed by atoms with Gasteiger partial charge in [-0.3, -0.25) is 4.68 Å². The highest BCUT2D eigenvalue weighted by molar-refractivity contribution is 4.99. The number of rotatable bonds is 8. The van der Waals surface area contributed by atoms with Gasteiger partial charge in [0.25, 0.3) is 0 Å². The van der Waals surface area contributed by atoms with Gasteiger partial charge in [-0.05, 0) is 50.1 Å². The maximum atomic E-state index is 4.71. The Morgan fingerprint density at radius 3 is 2.43 bits per heavy atom. The second-order valence-corrected chi connectivity index (χ2v) is 6.68. The van der Waals surface area contributed by atoms with E-state index >= 15 is 0 Å². The zero-order chi connectivity index (χ0) is 15.1. The molecule has 0 amide bonds. The van der Waals surface area contributed by atoms with Crippen molar-refractivity contribution in [2.24, 2.45) is 11.8 Å². The van der Waals surface area contributed by atoms with Crippen LogP contribution in [-0.4, -0.2) is 16.3 Å². The Balaban J connectivity index is 1.69. The first-order chi connectivity index (χ1) is 10.3. The largest absolute Gasteiger partial charge is 0.311 e. The molecule has 1 aliphatic carbocycles. The fraction of sp³-hybridized carbons (Fsp3) is 0.833. The molecular formula is C18H33N3. The van der Waals surface area contributed by atoms with Crippen LogP contribution in [0, 0.1) is 11.8 Å². The molecule has 1 aromatic rings. The molecule has 3 heteroatoms. The summed E-state index contributed by atoms with van der Waals surface area (Å²) < 4.78 is 2.14. The van der Waals surface area contributed by atoms with Crippen molar-refractivity contribution in [3.8, 4) is 0 Å². The molecule has 1 aromatic heterocycles. The van der Waals surface area contributed by atoms with Crippen LogP contribution in [0.1, 0.15) is 77.5 Å². The minimum Gasteiger partial charge on any atom is -0.311 e. The normalized spacial score (nSPS) is 22.9. The number of aromatic nitrogens is 2. The zero-order valence-corrected chi connectivity index (χ0v) is 14.1. The van der Waals surface area contributed by atoms with Crippen molar-refractivity contribution >= 4 is 0 Å². The lowest BCUT2D eigenvalue weighted by Crippen LogP contribution is -2.26. The Morgan fingerprint density at radius 2 is 1.81 bits per heavy atom. The summed E-state index contributed by atoms with van der Waals surface area (Å²) in [5, 5.41) is 8.33. The maximum Gasteiger partial charge on any atom is 0.0762 e. The third-order valence-electron chi connectivity index (χ3n) is 5.26. The smallest absolute Gasteiger partial charge is 0.0762 e. The summed E-state index contributed by atoms with van der Waals surface area (Å²) in [5.74, 6) is 1.88. The molecule has 1 N–H and O–H groups in total. The van der Waals surface area contributed by atoms with Gasteiger partial charge in [-0.1, -0.05) is 40.0 Å². The van der Waals surface area contributed by atoms with Crippen LogP contribution in [0.25, 0.3) is 0 Å². The zero-order valence-electron chi connectivity index (χ0n) is 14.1. The Morgan fingerprint density at radius 1 is 1.14 bits per heavy atom. The summed E-state index contributed by atoms with van der Waals surface area (Å²) in [5.41, 5.74) is 1.18. The van der Waals surface area contributed by atoms with Crippen LogP contribution >= 0.6 is 0 Å². The topological polar surface area (TPSA) is 29.9 Å². The highest BCUT2D eigenvalue weighted by atomic mass is 15.3. The predicted octanol–water partition coefficient (Wildman–Crippen LogP) is 4.55. The van der Waals surface area contributed by atoms with Gasteiger partial charge in [0.15, 0.2) is 0 Å². The van der Waals surface area contributed by atoms with E-state index in [-0.39, 0.29) is 0 Å². The van der Waals surface area contributed by atoms with Crippen molar-refractivity contribution in [3.63, 3.8) is 0 Å². The summed E-state index contributed by atoms with van der Waals surface area (Å²) in [6, 6.07) is 2.72. The monoisotopic (exact) mass is 291 g/mol. The van der Waals surface area contributed by atoms with Gasteiger partial charge in [0.05, 0.1) is 11.7 Å². The third kappa shape index (κ3) is 4.84. The highest BCUT2D eigenvalue weighted by Gasteiger charge is 2.19. The fourth-order valence-electron chi connectivity index (χ4n) is 3.59. The molecule has 0 aliphatic heterocycles. The molecule has 0 unspecified atom stereocenters. The van der Waals surface area contributed by atoms with Crippen molar-refractivity contribution in [1.29, 1.82) is 0 Å². The Kier molecular flexibility index (Phi) is 6.75. The van der Waals surface area contributed by atoms with E-state index < -0.39 is 0 Å². The molecule has 0 saturated heterocycles. The van der Waals surface area contributed by atoms with Crippen LogP contribution in [0.5, 0.6) is 0 Å². The van der Waals surface area contributed by atoms with Crippen molar-refractivity contribution in [1.82, 2.24) is 15.1 Å². The lowest BCUT2D eigenvalue weighted by molar-refractivity contribution is 0.262. The minimum absolute atomic E-state index is 0.558. The first-order valence-corrected chi connectivity index (χ1v) is 9.01. The van der Waals surface area contributed by atoms with Gasteiger partial charge >= 0.3 is 0 Å². The van der Waals surface area contributed by atoms with Crippen molar-refractivity contribution in [3.05, 3.63) is 18.0 Å². The number of nitrogens with one attached hydrogen (secondary N) is 1. The second kappa shape index (κ2) is 8.57. The standard InChI is InChI=1S/C18H33N3/c1-4-15-7-9-16(10-8-15)13-19-14-17-11-12-21(20-17)18(5-2)6-3/h11-12,15-16,18-19H,4-10,13-14H2,1-3H3. The van der Waals surface area contributed by atoms with Crippen LogP contribution in [0.3, 0.4) is 0 Å². The van der Waals surface area contributed by atoms with Crippen molar-refractivity contribution < 1.29 is 0 Å². The van der Waals surface area contributed by atoms with Crippen LogP contribution in [0.15, 0.2) is 12.3 Å². The minimum atomic E-state index is 0.558. The molecule has 0 bridgehead atoms. The molecule has 0 aromatic carbocycles. The average Bonchev–Trinajstić information content (AvgIpc) is 2.98. The van der Waals surface area contributed by atoms with E-state index in [0.29, 0.717) is 6.04 Å². The molecule has 0 atom stereocenters. The summed E-state index contributed by atoms with van der Waals surface area (Å²) in [7, 11) is 0. The van der Waals surface area contributed by atoms with Crippen molar-refractivity contribution in [2.45, 2.75) is 78.3 Å². The van der Waals surface area contributed by atoms with Crippen LogP contribution in [-0.2, 0) is 6.54 Å². The molecule has 1 fully saturated rings. The summed E-state index contributed by atoms with van der Waals surface area (Å²) in [4.78, 5) is 0. The van der Waals surface area contributed by atoms with E-state index in [0.717, 1.165) is 37.8 Å². The van der Waals surface area contributed by atoms with Gasteiger partial charge in [0, 0.05) is 12.7 Å². The number of nitrogens with zero attached hydrogens (tertiary/aromatic N) is 2. The molecule has 1 heterocycles. The van der Waals surface area contributed by atoms with Gasteiger partial charge in [0.1, 0.15) is 0 Å². The van der Waals surface area contributed by atoms with Gasteiger partial charge < -0.3 is 5.32 Å². The number of hydrogen-bond acceptors (Lipinski definition) is 2. The molecular weight excluding hydrogens is 258 g/mol. The van der Waals surface area contributed by atoms with Gasteiger partial charge in [-0.15, -0.1) is 0 Å². The fourth-order valence-corrected chi connectivity index (χ4v) is 3.59. The lowest BCUT2D eigenvalue weighted by atomic mass is 9.81. The van der Waals surface area contributed by atoms with Crippen LogP contribution in [0.4, 0.5) is 0 Å². The molecule has 21 heavy (non-hydrogen) atoms. The second-order valence-electron chi connectivity index (χ2n) is 6.68. The van der Waals surface area contributed by atoms with E-state index in [4.69, 9.17) is 5.10 Å². The highest BCUT2D eigenvalue weighted by Crippen LogP contribution is 2.30. The third-order valence-corrected chi connectivity index (χ3v) is 5.26. The predicted molar refractivity (Wildman–Crippen MR) is 89.3 cm³/mol. The molecule has 0 radical (unpaired) electrons. The summed E-state index contributed by atoms with van der Waals surface area (Å²) in [6.07, 6.45) is 11.5. The molecule has 0 spiro atoms. The van der Waals surface area contributed by atoms with Crippen molar-refractivity contribution in [2.75, 3.05) is 6.54 Å². The van der Waals surface area contributed by atoms with Crippen LogP contribution in [0.2, 0.25) is 0 Å². The van der Waals surface area contributed by atoms with E-state index in [1.54, 1.807) is 0 Å².